The van der Waals surface area contributed by atoms with Gasteiger partial charge in [-0.3, -0.25) is 9.59 Å². The minimum absolute atomic E-state index is 0.132. The average Bonchev–Trinajstić information content (AvgIpc) is 2.38. The van der Waals surface area contributed by atoms with Crippen molar-refractivity contribution >= 4 is 32.6 Å². The highest BCUT2D eigenvalue weighted by Gasteiger charge is 2.12. The first-order valence-corrected chi connectivity index (χ1v) is 5.65. The van der Waals surface area contributed by atoms with E-state index in [2.05, 4.69) is 9.97 Å². The van der Waals surface area contributed by atoms with Crippen molar-refractivity contribution in [3.05, 3.63) is 57.1 Å². The van der Waals surface area contributed by atoms with Crippen LogP contribution in [0.25, 0.3) is 32.6 Å². The van der Waals surface area contributed by atoms with Crippen LogP contribution in [0.5, 0.6) is 0 Å². The van der Waals surface area contributed by atoms with Crippen LogP contribution in [-0.4, -0.2) is 9.97 Å². The van der Waals surface area contributed by atoms with Crippen LogP contribution < -0.4 is 11.1 Å². The van der Waals surface area contributed by atoms with Gasteiger partial charge in [-0.2, -0.15) is 0 Å². The summed E-state index contributed by atoms with van der Waals surface area (Å²) >= 11 is 0. The summed E-state index contributed by atoms with van der Waals surface area (Å²) in [6, 6.07) is 10.7. The van der Waals surface area contributed by atoms with Gasteiger partial charge in [0.05, 0.1) is 0 Å². The molecule has 2 aromatic heterocycles. The third kappa shape index (κ3) is 0.996. The van der Waals surface area contributed by atoms with Gasteiger partial charge < -0.3 is 9.97 Å². The van der Waals surface area contributed by atoms with Gasteiger partial charge >= 0.3 is 0 Å². The minimum Gasteiger partial charge on any atom is -0.321 e. The van der Waals surface area contributed by atoms with Gasteiger partial charge in [-0.15, -0.1) is 0 Å². The maximum absolute atomic E-state index is 12.0. The number of aromatic amines is 2. The SMILES string of the molecule is O=c1[nH]c2cccc3c(=O)[nH]c4cccc1c4c23. The fourth-order valence-electron chi connectivity index (χ4n) is 2.61. The highest BCUT2D eigenvalue weighted by Crippen LogP contribution is 2.27. The van der Waals surface area contributed by atoms with Crippen LogP contribution in [0.1, 0.15) is 0 Å². The predicted octanol–water partition coefficient (Wildman–Crippen LogP) is 1.96. The van der Waals surface area contributed by atoms with Crippen molar-refractivity contribution in [1.29, 1.82) is 0 Å². The van der Waals surface area contributed by atoms with Crippen LogP contribution in [0.2, 0.25) is 0 Å². The Labute approximate surface area is 100 Å². The summed E-state index contributed by atoms with van der Waals surface area (Å²) in [7, 11) is 0. The first kappa shape index (κ1) is 9.41. The van der Waals surface area contributed by atoms with Gasteiger partial charge in [0, 0.05) is 32.6 Å². The Morgan fingerprint density at radius 3 is 1.56 bits per heavy atom. The van der Waals surface area contributed by atoms with Crippen molar-refractivity contribution in [2.45, 2.75) is 0 Å². The Kier molecular flexibility index (Phi) is 1.56. The Hall–Kier alpha value is -2.62. The molecule has 0 aliphatic carbocycles. The van der Waals surface area contributed by atoms with E-state index >= 15 is 0 Å². The molecule has 4 rings (SSSR count). The molecule has 0 saturated carbocycles. The Bertz CT molecular complexity index is 927. The van der Waals surface area contributed by atoms with E-state index in [1.54, 1.807) is 24.3 Å². The van der Waals surface area contributed by atoms with E-state index in [9.17, 15) is 9.59 Å². The van der Waals surface area contributed by atoms with Crippen molar-refractivity contribution in [2.24, 2.45) is 0 Å². The normalized spacial score (nSPS) is 11.8. The average molecular weight is 236 g/mol. The summed E-state index contributed by atoms with van der Waals surface area (Å²) in [4.78, 5) is 29.6. The number of hydrogen-bond donors (Lipinski definition) is 2. The monoisotopic (exact) mass is 236 g/mol. The molecule has 0 spiro atoms. The molecule has 0 atom stereocenters. The van der Waals surface area contributed by atoms with Crippen molar-refractivity contribution in [1.82, 2.24) is 9.97 Å². The summed E-state index contributed by atoms with van der Waals surface area (Å²) in [6.45, 7) is 0. The smallest absolute Gasteiger partial charge is 0.256 e. The highest BCUT2D eigenvalue weighted by atomic mass is 16.1. The van der Waals surface area contributed by atoms with Crippen molar-refractivity contribution in [3.8, 4) is 0 Å². The van der Waals surface area contributed by atoms with Gasteiger partial charge in [-0.25, -0.2) is 0 Å². The molecular weight excluding hydrogens is 228 g/mol. The zero-order chi connectivity index (χ0) is 12.3. The summed E-state index contributed by atoms with van der Waals surface area (Å²) in [5.41, 5.74) is 1.14. The summed E-state index contributed by atoms with van der Waals surface area (Å²) in [6.07, 6.45) is 0. The standard InChI is InChI=1S/C14H8N2O2/c17-13-7-3-1-5-9-11(7)12-8(14(18)15-9)4-2-6-10(12)16-13/h1-6H,(H,15,18)(H,16,17). The molecule has 4 nitrogen and oxygen atoms in total. The van der Waals surface area contributed by atoms with Gasteiger partial charge in [0.15, 0.2) is 0 Å². The summed E-state index contributed by atoms with van der Waals surface area (Å²) in [5, 5.41) is 2.86. The van der Waals surface area contributed by atoms with E-state index in [1.165, 1.54) is 0 Å². The van der Waals surface area contributed by atoms with Gasteiger partial charge in [-0.1, -0.05) is 12.1 Å². The van der Waals surface area contributed by atoms with E-state index in [0.717, 1.165) is 10.8 Å². The summed E-state index contributed by atoms with van der Waals surface area (Å²) in [5.74, 6) is 0. The van der Waals surface area contributed by atoms with Crippen LogP contribution in [0, 0.1) is 0 Å². The van der Waals surface area contributed by atoms with E-state index in [1.807, 2.05) is 12.1 Å². The van der Waals surface area contributed by atoms with Gasteiger partial charge in [0.25, 0.3) is 11.1 Å². The lowest BCUT2D eigenvalue weighted by Gasteiger charge is -2.08. The molecule has 0 amide bonds. The molecule has 0 aliphatic heterocycles. The predicted molar refractivity (Wildman–Crippen MR) is 71.4 cm³/mol. The zero-order valence-electron chi connectivity index (χ0n) is 9.28. The molecule has 0 saturated heterocycles. The van der Waals surface area contributed by atoms with Gasteiger partial charge in [0.1, 0.15) is 0 Å². The van der Waals surface area contributed by atoms with Crippen LogP contribution in [-0.2, 0) is 0 Å². The quantitative estimate of drug-likeness (QED) is 0.458. The lowest BCUT2D eigenvalue weighted by atomic mass is 10.0. The third-order valence-electron chi connectivity index (χ3n) is 3.36. The molecular formula is C14H8N2O2. The van der Waals surface area contributed by atoms with E-state index in [4.69, 9.17) is 0 Å². The summed E-state index contributed by atoms with van der Waals surface area (Å²) < 4.78 is 0. The number of aromatic nitrogens is 2. The number of rotatable bonds is 0. The largest absolute Gasteiger partial charge is 0.321 e. The second kappa shape index (κ2) is 2.98. The molecule has 4 heteroatoms. The van der Waals surface area contributed by atoms with E-state index in [-0.39, 0.29) is 11.1 Å². The maximum Gasteiger partial charge on any atom is 0.256 e. The molecule has 0 aliphatic rings. The number of benzene rings is 2. The minimum atomic E-state index is -0.132. The lowest BCUT2D eigenvalue weighted by Crippen LogP contribution is -2.12. The topological polar surface area (TPSA) is 65.7 Å². The second-order valence-corrected chi connectivity index (χ2v) is 4.36. The molecule has 0 unspecified atom stereocenters. The first-order valence-electron chi connectivity index (χ1n) is 5.65. The van der Waals surface area contributed by atoms with Crippen molar-refractivity contribution in [2.75, 3.05) is 0 Å². The second-order valence-electron chi connectivity index (χ2n) is 4.36. The molecule has 2 heterocycles. The number of H-pyrrole nitrogens is 2. The molecule has 86 valence electrons. The van der Waals surface area contributed by atoms with Crippen LogP contribution >= 0.6 is 0 Å². The fourth-order valence-corrected chi connectivity index (χ4v) is 2.61. The molecule has 2 aromatic carbocycles. The van der Waals surface area contributed by atoms with Crippen molar-refractivity contribution in [3.63, 3.8) is 0 Å². The van der Waals surface area contributed by atoms with Crippen LogP contribution in [0.4, 0.5) is 0 Å². The number of nitrogens with one attached hydrogen (secondary N) is 2. The highest BCUT2D eigenvalue weighted by molar-refractivity contribution is 6.20. The lowest BCUT2D eigenvalue weighted by molar-refractivity contribution is 1.31. The van der Waals surface area contributed by atoms with E-state index in [0.29, 0.717) is 21.8 Å². The first-order chi connectivity index (χ1) is 8.75. The Morgan fingerprint density at radius 2 is 1.11 bits per heavy atom. The van der Waals surface area contributed by atoms with Crippen molar-refractivity contribution < 1.29 is 0 Å². The maximum atomic E-state index is 12.0. The molecule has 4 aromatic rings. The van der Waals surface area contributed by atoms with E-state index < -0.39 is 0 Å². The Balaban J connectivity index is 2.60. The molecule has 2 N–H and O–H groups in total. The third-order valence-corrected chi connectivity index (χ3v) is 3.36. The van der Waals surface area contributed by atoms with Crippen LogP contribution in [0.3, 0.4) is 0 Å². The Morgan fingerprint density at radius 1 is 0.667 bits per heavy atom. The number of hydrogen-bond acceptors (Lipinski definition) is 2. The number of pyridine rings is 2. The zero-order valence-corrected chi connectivity index (χ0v) is 9.28. The van der Waals surface area contributed by atoms with Gasteiger partial charge in [-0.05, 0) is 24.3 Å². The van der Waals surface area contributed by atoms with Crippen LogP contribution in [0.15, 0.2) is 46.0 Å². The molecule has 18 heavy (non-hydrogen) atoms. The molecule has 0 bridgehead atoms. The molecule has 0 radical (unpaired) electrons. The van der Waals surface area contributed by atoms with Gasteiger partial charge in [0.2, 0.25) is 0 Å². The fraction of sp³-hybridized carbons (Fsp3) is 0. The molecule has 0 fully saturated rings.